The Labute approximate surface area is 94.3 Å². The first-order chi connectivity index (χ1) is 7.59. The number of carboxylic acid groups (broad SMARTS) is 1. The Kier molecular flexibility index (Phi) is 4.66. The largest absolute Gasteiger partial charge is 0.481 e. The second kappa shape index (κ2) is 6.02. The minimum atomic E-state index is -0.806. The van der Waals surface area contributed by atoms with Crippen LogP contribution in [0.25, 0.3) is 0 Å². The van der Waals surface area contributed by atoms with Gasteiger partial charge in [-0.1, -0.05) is 24.3 Å². The van der Waals surface area contributed by atoms with Crippen LogP contribution >= 0.6 is 0 Å². The molecule has 2 N–H and O–H groups in total. The zero-order valence-electron chi connectivity index (χ0n) is 9.19. The van der Waals surface area contributed by atoms with E-state index in [4.69, 9.17) is 5.11 Å². The summed E-state index contributed by atoms with van der Waals surface area (Å²) in [6.07, 6.45) is 0.117. The van der Waals surface area contributed by atoms with Gasteiger partial charge in [-0.25, -0.2) is 0 Å². The lowest BCUT2D eigenvalue weighted by atomic mass is 10.1. The normalized spacial score (nSPS) is 10.1. The fourth-order valence-electron chi connectivity index (χ4n) is 1.29. The molecule has 16 heavy (non-hydrogen) atoms. The van der Waals surface area contributed by atoms with Gasteiger partial charge in [0.2, 0.25) is 0 Å². The van der Waals surface area contributed by atoms with Gasteiger partial charge in [-0.3, -0.25) is 9.59 Å². The summed E-state index contributed by atoms with van der Waals surface area (Å²) in [6, 6.07) is 7.28. The average molecular weight is 221 g/mol. The molecule has 1 rings (SSSR count). The number of rotatable bonds is 6. The molecule has 0 radical (unpaired) electrons. The highest BCUT2D eigenvalue weighted by Crippen LogP contribution is 2.04. The zero-order chi connectivity index (χ0) is 12.0. The van der Waals surface area contributed by atoms with Gasteiger partial charge in [-0.2, -0.15) is 0 Å². The van der Waals surface area contributed by atoms with Crippen LogP contribution in [0.1, 0.15) is 29.3 Å². The van der Waals surface area contributed by atoms with Crippen molar-refractivity contribution in [1.29, 1.82) is 0 Å². The second-order valence-electron chi connectivity index (χ2n) is 3.57. The minimum absolute atomic E-state index is 0.0467. The number of hydrogen-bond acceptors (Lipinski definition) is 3. The second-order valence-corrected chi connectivity index (χ2v) is 3.57. The first kappa shape index (κ1) is 12.4. The van der Waals surface area contributed by atoms with Crippen LogP contribution in [0.4, 0.5) is 0 Å². The summed E-state index contributed by atoms with van der Waals surface area (Å²) < 4.78 is 0. The highest BCUT2D eigenvalue weighted by atomic mass is 16.4. The number of benzene rings is 1. The van der Waals surface area contributed by atoms with Gasteiger partial charge in [-0.05, 0) is 12.5 Å². The van der Waals surface area contributed by atoms with Gasteiger partial charge in [-0.15, -0.1) is 0 Å². The summed E-state index contributed by atoms with van der Waals surface area (Å²) >= 11 is 0. The van der Waals surface area contributed by atoms with Crippen LogP contribution in [0.5, 0.6) is 0 Å². The monoisotopic (exact) mass is 221 g/mol. The number of hydrogen-bond donors (Lipinski definition) is 2. The minimum Gasteiger partial charge on any atom is -0.481 e. The molecule has 0 saturated heterocycles. The highest BCUT2D eigenvalue weighted by Gasteiger charge is 1.99. The lowest BCUT2D eigenvalue weighted by molar-refractivity contribution is -0.136. The van der Waals surface area contributed by atoms with Crippen LogP contribution in [0.2, 0.25) is 0 Å². The topological polar surface area (TPSA) is 66.4 Å². The van der Waals surface area contributed by atoms with Gasteiger partial charge in [0.1, 0.15) is 0 Å². The molecule has 0 amide bonds. The number of carbonyl (C=O) groups is 2. The Balaban J connectivity index is 2.38. The van der Waals surface area contributed by atoms with Crippen LogP contribution in [0.15, 0.2) is 24.3 Å². The SMILES string of the molecule is CC(=O)c1ccc(CNCCC(=O)O)cc1. The van der Waals surface area contributed by atoms with Crippen molar-refractivity contribution in [2.75, 3.05) is 6.54 Å². The van der Waals surface area contributed by atoms with Crippen LogP contribution in [-0.2, 0) is 11.3 Å². The Morgan fingerprint density at radius 2 is 1.88 bits per heavy atom. The van der Waals surface area contributed by atoms with Crippen molar-refractivity contribution in [1.82, 2.24) is 5.32 Å². The molecule has 1 aromatic rings. The van der Waals surface area contributed by atoms with E-state index in [0.29, 0.717) is 18.7 Å². The van der Waals surface area contributed by atoms with Gasteiger partial charge in [0.05, 0.1) is 6.42 Å². The summed E-state index contributed by atoms with van der Waals surface area (Å²) in [7, 11) is 0. The van der Waals surface area contributed by atoms with Crippen LogP contribution in [0.3, 0.4) is 0 Å². The van der Waals surface area contributed by atoms with E-state index >= 15 is 0 Å². The third kappa shape index (κ3) is 4.23. The van der Waals surface area contributed by atoms with Gasteiger partial charge in [0, 0.05) is 18.7 Å². The van der Waals surface area contributed by atoms with E-state index in [1.807, 2.05) is 12.1 Å². The van der Waals surface area contributed by atoms with Crippen molar-refractivity contribution in [2.45, 2.75) is 19.9 Å². The lowest BCUT2D eigenvalue weighted by Crippen LogP contribution is -2.17. The summed E-state index contributed by atoms with van der Waals surface area (Å²) in [5, 5.41) is 11.4. The van der Waals surface area contributed by atoms with E-state index in [1.54, 1.807) is 12.1 Å². The Hall–Kier alpha value is -1.68. The first-order valence-electron chi connectivity index (χ1n) is 5.12. The van der Waals surface area contributed by atoms with E-state index in [0.717, 1.165) is 5.56 Å². The van der Waals surface area contributed by atoms with Crippen molar-refractivity contribution >= 4 is 11.8 Å². The molecular weight excluding hydrogens is 206 g/mol. The lowest BCUT2D eigenvalue weighted by Gasteiger charge is -2.03. The highest BCUT2D eigenvalue weighted by molar-refractivity contribution is 5.93. The zero-order valence-corrected chi connectivity index (χ0v) is 9.19. The van der Waals surface area contributed by atoms with E-state index in [2.05, 4.69) is 5.32 Å². The molecule has 0 unspecified atom stereocenters. The maximum absolute atomic E-state index is 11.0. The summed E-state index contributed by atoms with van der Waals surface area (Å²) in [4.78, 5) is 21.3. The Morgan fingerprint density at radius 3 is 2.38 bits per heavy atom. The molecule has 86 valence electrons. The van der Waals surface area contributed by atoms with Crippen LogP contribution < -0.4 is 5.32 Å². The molecular formula is C12H15NO3. The summed E-state index contributed by atoms with van der Waals surface area (Å²) in [6.45, 7) is 2.59. The molecule has 0 aromatic heterocycles. The molecule has 0 spiro atoms. The molecule has 4 heteroatoms. The molecule has 0 aliphatic rings. The van der Waals surface area contributed by atoms with Gasteiger partial charge in [0.25, 0.3) is 0 Å². The van der Waals surface area contributed by atoms with E-state index in [-0.39, 0.29) is 12.2 Å². The molecule has 0 atom stereocenters. The standard InChI is InChI=1S/C12H15NO3/c1-9(14)11-4-2-10(3-5-11)8-13-7-6-12(15)16/h2-5,13H,6-8H2,1H3,(H,15,16). The third-order valence-corrected chi connectivity index (χ3v) is 2.21. The number of carbonyl (C=O) groups excluding carboxylic acids is 1. The number of nitrogens with one attached hydrogen (secondary N) is 1. The molecule has 1 aromatic carbocycles. The average Bonchev–Trinajstić information content (AvgIpc) is 2.25. The van der Waals surface area contributed by atoms with Gasteiger partial charge >= 0.3 is 5.97 Å². The van der Waals surface area contributed by atoms with Crippen LogP contribution in [0, 0.1) is 0 Å². The van der Waals surface area contributed by atoms with E-state index in [9.17, 15) is 9.59 Å². The number of Topliss-reactive ketones (excluding diaryl/α,β-unsaturated/α-hetero) is 1. The smallest absolute Gasteiger partial charge is 0.304 e. The van der Waals surface area contributed by atoms with E-state index in [1.165, 1.54) is 6.92 Å². The summed E-state index contributed by atoms with van der Waals surface area (Å²) in [5.74, 6) is -0.759. The fourth-order valence-corrected chi connectivity index (χ4v) is 1.29. The van der Waals surface area contributed by atoms with Crippen molar-refractivity contribution in [3.05, 3.63) is 35.4 Å². The van der Waals surface area contributed by atoms with Crippen molar-refractivity contribution in [3.8, 4) is 0 Å². The Morgan fingerprint density at radius 1 is 1.25 bits per heavy atom. The molecule has 0 heterocycles. The molecule has 0 saturated carbocycles. The maximum Gasteiger partial charge on any atom is 0.304 e. The van der Waals surface area contributed by atoms with Crippen molar-refractivity contribution in [3.63, 3.8) is 0 Å². The number of carboxylic acids is 1. The predicted molar refractivity (Wildman–Crippen MR) is 60.4 cm³/mol. The van der Waals surface area contributed by atoms with E-state index < -0.39 is 5.97 Å². The molecule has 4 nitrogen and oxygen atoms in total. The molecule has 0 aliphatic heterocycles. The van der Waals surface area contributed by atoms with Gasteiger partial charge in [0.15, 0.2) is 5.78 Å². The predicted octanol–water partition coefficient (Wildman–Crippen LogP) is 1.45. The van der Waals surface area contributed by atoms with Crippen molar-refractivity contribution < 1.29 is 14.7 Å². The summed E-state index contributed by atoms with van der Waals surface area (Å²) in [5.41, 5.74) is 1.73. The Bertz CT molecular complexity index is 370. The molecule has 0 bridgehead atoms. The fraction of sp³-hybridized carbons (Fsp3) is 0.333. The first-order valence-corrected chi connectivity index (χ1v) is 5.12. The third-order valence-electron chi connectivity index (χ3n) is 2.21. The molecule has 0 aliphatic carbocycles. The maximum atomic E-state index is 11.0. The molecule has 0 fully saturated rings. The quantitative estimate of drug-likeness (QED) is 0.563. The van der Waals surface area contributed by atoms with Gasteiger partial charge < -0.3 is 10.4 Å². The van der Waals surface area contributed by atoms with Crippen LogP contribution in [-0.4, -0.2) is 23.4 Å². The number of aliphatic carboxylic acids is 1. The van der Waals surface area contributed by atoms with Crippen molar-refractivity contribution in [2.24, 2.45) is 0 Å². The number of ketones is 1.